The van der Waals surface area contributed by atoms with E-state index in [1.165, 1.54) is 73.9 Å². The van der Waals surface area contributed by atoms with Crippen LogP contribution in [-0.4, -0.2) is 28.4 Å². The molecule has 7 nitrogen and oxygen atoms in total. The Labute approximate surface area is 164 Å². The molecule has 1 aromatic carbocycles. The number of nitrogens with one attached hydrogen (secondary N) is 2. The van der Waals surface area contributed by atoms with Gasteiger partial charge in [0.25, 0.3) is 10.0 Å². The molecule has 0 saturated heterocycles. The molecule has 1 heterocycles. The molecule has 0 radical (unpaired) electrons. The third-order valence-corrected chi connectivity index (χ3v) is 8.32. The Morgan fingerprint density at radius 2 is 1.59 bits per heavy atom. The zero-order valence-corrected chi connectivity index (χ0v) is 17.2. The van der Waals surface area contributed by atoms with Crippen LogP contribution in [0.2, 0.25) is 0 Å². The van der Waals surface area contributed by atoms with Gasteiger partial charge >= 0.3 is 0 Å². The summed E-state index contributed by atoms with van der Waals surface area (Å²) in [4.78, 5) is 3.92. The van der Waals surface area contributed by atoms with Gasteiger partial charge in [0.15, 0.2) is 5.13 Å². The standard InChI is InChI=1S/C17H23N3O4S3/c21-26(22,19-11-10-14-4-2-1-3-5-14)15-6-8-16(9-7-15)27(23,24)20-17-18-12-13-25-17/h6-9,12-14,19H,1-5,10-11H2,(H,18,20). The van der Waals surface area contributed by atoms with Crippen molar-refractivity contribution in [1.29, 1.82) is 0 Å². The number of aromatic nitrogens is 1. The van der Waals surface area contributed by atoms with E-state index in [1.54, 1.807) is 5.38 Å². The predicted octanol–water partition coefficient (Wildman–Crippen LogP) is 3.19. The Balaban J connectivity index is 1.61. The molecule has 2 aromatic rings. The second kappa shape index (κ2) is 8.68. The quantitative estimate of drug-likeness (QED) is 0.670. The minimum absolute atomic E-state index is 0.0149. The van der Waals surface area contributed by atoms with Crippen molar-refractivity contribution in [3.05, 3.63) is 35.8 Å². The van der Waals surface area contributed by atoms with Crippen LogP contribution in [0.15, 0.2) is 45.6 Å². The van der Waals surface area contributed by atoms with Crippen molar-refractivity contribution < 1.29 is 16.8 Å². The van der Waals surface area contributed by atoms with Crippen LogP contribution in [0.1, 0.15) is 38.5 Å². The molecule has 0 spiro atoms. The monoisotopic (exact) mass is 429 g/mol. The maximum atomic E-state index is 12.4. The number of sulfonamides is 2. The van der Waals surface area contributed by atoms with Gasteiger partial charge in [-0.1, -0.05) is 32.1 Å². The summed E-state index contributed by atoms with van der Waals surface area (Å²) >= 11 is 1.17. The zero-order chi connectivity index (χ0) is 19.3. The maximum absolute atomic E-state index is 12.4. The Kier molecular flexibility index (Phi) is 6.51. The molecule has 27 heavy (non-hydrogen) atoms. The smallest absolute Gasteiger partial charge is 0.255 e. The van der Waals surface area contributed by atoms with Crippen LogP contribution < -0.4 is 9.44 Å². The van der Waals surface area contributed by atoms with Crippen molar-refractivity contribution in [3.63, 3.8) is 0 Å². The highest BCUT2D eigenvalue weighted by atomic mass is 32.2. The fourth-order valence-electron chi connectivity index (χ4n) is 3.20. The molecule has 0 aliphatic heterocycles. The van der Waals surface area contributed by atoms with Crippen molar-refractivity contribution in [2.24, 2.45) is 5.92 Å². The molecule has 0 amide bonds. The van der Waals surface area contributed by atoms with Gasteiger partial charge in [0, 0.05) is 18.1 Å². The Bertz CT molecular complexity index is 934. The third-order valence-electron chi connectivity index (χ3n) is 4.67. The topological polar surface area (TPSA) is 105 Å². The van der Waals surface area contributed by atoms with Crippen molar-refractivity contribution >= 4 is 36.5 Å². The lowest BCUT2D eigenvalue weighted by Gasteiger charge is -2.21. The molecule has 1 saturated carbocycles. The molecule has 0 atom stereocenters. The number of anilines is 1. The summed E-state index contributed by atoms with van der Waals surface area (Å²) in [6, 6.07) is 5.18. The van der Waals surface area contributed by atoms with Crippen molar-refractivity contribution in [1.82, 2.24) is 9.71 Å². The summed E-state index contributed by atoms with van der Waals surface area (Å²) in [6.45, 7) is 0.401. The molecule has 0 unspecified atom stereocenters. The van der Waals surface area contributed by atoms with Gasteiger partial charge in [0.1, 0.15) is 0 Å². The highest BCUT2D eigenvalue weighted by molar-refractivity contribution is 7.93. The highest BCUT2D eigenvalue weighted by Gasteiger charge is 2.19. The van der Waals surface area contributed by atoms with E-state index in [-0.39, 0.29) is 14.9 Å². The fraction of sp³-hybridized carbons (Fsp3) is 0.471. The zero-order valence-electron chi connectivity index (χ0n) is 14.8. The van der Waals surface area contributed by atoms with E-state index in [0.717, 1.165) is 6.42 Å². The number of rotatable bonds is 8. The first-order valence-electron chi connectivity index (χ1n) is 8.89. The van der Waals surface area contributed by atoms with Crippen LogP contribution in [0.3, 0.4) is 0 Å². The molecular formula is C17H23N3O4S3. The van der Waals surface area contributed by atoms with E-state index >= 15 is 0 Å². The SMILES string of the molecule is O=S(=O)(NCCC1CCCCC1)c1ccc(S(=O)(=O)Nc2nccs2)cc1. The maximum Gasteiger partial charge on any atom is 0.263 e. The van der Waals surface area contributed by atoms with Crippen LogP contribution in [0.4, 0.5) is 5.13 Å². The minimum Gasteiger partial charge on any atom is -0.255 e. The average Bonchev–Trinajstić information content (AvgIpc) is 3.15. The van der Waals surface area contributed by atoms with Gasteiger partial charge in [-0.3, -0.25) is 4.72 Å². The van der Waals surface area contributed by atoms with E-state index in [1.807, 2.05) is 0 Å². The second-order valence-electron chi connectivity index (χ2n) is 6.60. The molecule has 0 bridgehead atoms. The van der Waals surface area contributed by atoms with E-state index in [2.05, 4.69) is 14.4 Å². The van der Waals surface area contributed by atoms with Crippen LogP contribution in [0.5, 0.6) is 0 Å². The molecule has 1 aliphatic rings. The summed E-state index contributed by atoms with van der Waals surface area (Å²) in [5, 5.41) is 1.92. The lowest BCUT2D eigenvalue weighted by atomic mass is 9.87. The van der Waals surface area contributed by atoms with E-state index in [9.17, 15) is 16.8 Å². The van der Waals surface area contributed by atoms with Crippen LogP contribution >= 0.6 is 11.3 Å². The lowest BCUT2D eigenvalue weighted by molar-refractivity contribution is 0.339. The Hall–Kier alpha value is -1.49. The minimum atomic E-state index is -3.79. The van der Waals surface area contributed by atoms with Gasteiger partial charge in [-0.15, -0.1) is 11.3 Å². The van der Waals surface area contributed by atoms with Gasteiger partial charge in [0.2, 0.25) is 10.0 Å². The Morgan fingerprint density at radius 1 is 0.963 bits per heavy atom. The number of hydrogen-bond donors (Lipinski definition) is 2. The first-order chi connectivity index (χ1) is 12.9. The fourth-order valence-corrected chi connectivity index (χ4v) is 6.04. The number of benzene rings is 1. The second-order valence-corrected chi connectivity index (χ2v) is 10.9. The van der Waals surface area contributed by atoms with Crippen LogP contribution in [0, 0.1) is 5.92 Å². The van der Waals surface area contributed by atoms with E-state index in [0.29, 0.717) is 12.5 Å². The Morgan fingerprint density at radius 3 is 2.19 bits per heavy atom. The molecular weight excluding hydrogens is 406 g/mol. The normalized spacial score (nSPS) is 16.3. The molecule has 10 heteroatoms. The van der Waals surface area contributed by atoms with Crippen molar-refractivity contribution in [3.8, 4) is 0 Å². The van der Waals surface area contributed by atoms with Gasteiger partial charge in [0.05, 0.1) is 9.79 Å². The molecule has 1 aliphatic carbocycles. The molecule has 3 rings (SSSR count). The molecule has 2 N–H and O–H groups in total. The number of nitrogens with zero attached hydrogens (tertiary/aromatic N) is 1. The van der Waals surface area contributed by atoms with Gasteiger partial charge < -0.3 is 0 Å². The average molecular weight is 430 g/mol. The highest BCUT2D eigenvalue weighted by Crippen LogP contribution is 2.26. The first-order valence-corrected chi connectivity index (χ1v) is 12.7. The van der Waals surface area contributed by atoms with Gasteiger partial charge in [-0.25, -0.2) is 26.5 Å². The molecule has 1 fully saturated rings. The summed E-state index contributed by atoms with van der Waals surface area (Å²) < 4.78 is 54.4. The van der Waals surface area contributed by atoms with Crippen molar-refractivity contribution in [2.75, 3.05) is 11.3 Å². The molecule has 148 valence electrons. The largest absolute Gasteiger partial charge is 0.263 e. The number of thiazole rings is 1. The summed E-state index contributed by atoms with van der Waals surface area (Å²) in [5.74, 6) is 0.589. The van der Waals surface area contributed by atoms with E-state index in [4.69, 9.17) is 0 Å². The molecule has 1 aromatic heterocycles. The van der Waals surface area contributed by atoms with Crippen LogP contribution in [0.25, 0.3) is 0 Å². The van der Waals surface area contributed by atoms with Gasteiger partial charge in [-0.05, 0) is 36.6 Å². The summed E-state index contributed by atoms with van der Waals surface area (Å²) in [7, 11) is -7.44. The van der Waals surface area contributed by atoms with E-state index < -0.39 is 20.0 Å². The summed E-state index contributed by atoms with van der Waals surface area (Å²) in [6.07, 6.45) is 8.39. The van der Waals surface area contributed by atoms with Crippen molar-refractivity contribution in [2.45, 2.75) is 48.3 Å². The summed E-state index contributed by atoms with van der Waals surface area (Å²) in [5.41, 5.74) is 0. The van der Waals surface area contributed by atoms with Crippen LogP contribution in [-0.2, 0) is 20.0 Å². The van der Waals surface area contributed by atoms with Gasteiger partial charge in [-0.2, -0.15) is 0 Å². The first kappa shape index (κ1) is 20.2. The number of hydrogen-bond acceptors (Lipinski definition) is 6. The lowest BCUT2D eigenvalue weighted by Crippen LogP contribution is -2.26. The third kappa shape index (κ3) is 5.50. The predicted molar refractivity (Wildman–Crippen MR) is 106 cm³/mol.